The van der Waals surface area contributed by atoms with E-state index >= 15 is 0 Å². The van der Waals surface area contributed by atoms with Gasteiger partial charge in [-0.2, -0.15) is 0 Å². The van der Waals surface area contributed by atoms with E-state index in [1.54, 1.807) is 12.3 Å². The van der Waals surface area contributed by atoms with E-state index in [1.807, 2.05) is 30.0 Å². The first-order valence-electron chi connectivity index (χ1n) is 7.51. The normalized spacial score (nSPS) is 14.1. The molecule has 0 aromatic carbocycles. The molecule has 3 heterocycles. The maximum Gasteiger partial charge on any atom is 0.272 e. The zero-order valence-electron chi connectivity index (χ0n) is 12.6. The zero-order chi connectivity index (χ0) is 15.4. The summed E-state index contributed by atoms with van der Waals surface area (Å²) < 4.78 is 0. The summed E-state index contributed by atoms with van der Waals surface area (Å²) in [5.41, 5.74) is 2.14. The largest absolute Gasteiger partial charge is 0.349 e. The van der Waals surface area contributed by atoms with Gasteiger partial charge in [0.1, 0.15) is 5.69 Å². The smallest absolute Gasteiger partial charge is 0.272 e. The Morgan fingerprint density at radius 2 is 2.09 bits per heavy atom. The zero-order valence-corrected chi connectivity index (χ0v) is 12.6. The van der Waals surface area contributed by atoms with Crippen LogP contribution in [0.2, 0.25) is 0 Å². The first-order chi connectivity index (χ1) is 10.7. The summed E-state index contributed by atoms with van der Waals surface area (Å²) in [4.78, 5) is 27.2. The van der Waals surface area contributed by atoms with Gasteiger partial charge < -0.3 is 10.2 Å². The molecule has 2 aromatic rings. The van der Waals surface area contributed by atoms with Crippen molar-refractivity contribution in [2.45, 2.75) is 26.3 Å². The van der Waals surface area contributed by atoms with E-state index in [4.69, 9.17) is 0 Å². The summed E-state index contributed by atoms with van der Waals surface area (Å²) in [6, 6.07) is 7.48. The minimum Gasteiger partial charge on any atom is -0.349 e. The van der Waals surface area contributed by atoms with Crippen molar-refractivity contribution in [1.82, 2.24) is 19.9 Å². The minimum atomic E-state index is -0.0103. The summed E-state index contributed by atoms with van der Waals surface area (Å²) in [5, 5.41) is 3.13. The lowest BCUT2D eigenvalue weighted by Gasteiger charge is -2.15. The summed E-state index contributed by atoms with van der Waals surface area (Å²) >= 11 is 0. The molecule has 0 saturated carbocycles. The summed E-state index contributed by atoms with van der Waals surface area (Å²) in [7, 11) is 0. The first-order valence-corrected chi connectivity index (χ1v) is 7.51. The van der Waals surface area contributed by atoms with Crippen molar-refractivity contribution < 1.29 is 4.79 Å². The fraction of sp³-hybridized carbons (Fsp3) is 0.375. The first kappa shape index (κ1) is 14.4. The predicted octanol–water partition coefficient (Wildman–Crippen LogP) is 2.03. The maximum atomic E-state index is 12.4. The van der Waals surface area contributed by atoms with Crippen LogP contribution in [0.5, 0.6) is 0 Å². The molecule has 114 valence electrons. The molecule has 1 amide bonds. The van der Waals surface area contributed by atoms with Crippen molar-refractivity contribution in [2.75, 3.05) is 18.4 Å². The number of carbonyl (C=O) groups is 1. The Bertz CT molecular complexity index is 653. The van der Waals surface area contributed by atoms with Crippen LogP contribution >= 0.6 is 0 Å². The number of anilines is 1. The van der Waals surface area contributed by atoms with E-state index in [9.17, 15) is 4.79 Å². The van der Waals surface area contributed by atoms with Crippen LogP contribution in [0.1, 0.15) is 34.7 Å². The van der Waals surface area contributed by atoms with Crippen molar-refractivity contribution in [1.29, 1.82) is 0 Å². The van der Waals surface area contributed by atoms with Crippen LogP contribution in [-0.4, -0.2) is 38.8 Å². The fourth-order valence-corrected chi connectivity index (χ4v) is 2.51. The number of hydrogen-bond acceptors (Lipinski definition) is 5. The lowest BCUT2D eigenvalue weighted by Crippen LogP contribution is -2.28. The van der Waals surface area contributed by atoms with Crippen molar-refractivity contribution in [3.8, 4) is 0 Å². The highest BCUT2D eigenvalue weighted by molar-refractivity contribution is 5.92. The molecular formula is C16H19N5O. The molecule has 0 aliphatic carbocycles. The maximum absolute atomic E-state index is 12.4. The van der Waals surface area contributed by atoms with Crippen LogP contribution in [-0.2, 0) is 6.54 Å². The highest BCUT2D eigenvalue weighted by Gasteiger charge is 2.21. The van der Waals surface area contributed by atoms with Gasteiger partial charge >= 0.3 is 0 Å². The Morgan fingerprint density at radius 1 is 1.27 bits per heavy atom. The molecule has 1 aliphatic heterocycles. The molecule has 6 heteroatoms. The summed E-state index contributed by atoms with van der Waals surface area (Å²) in [6.45, 7) is 4.03. The molecule has 2 aromatic heterocycles. The average molecular weight is 297 g/mol. The molecule has 1 aliphatic rings. The third-order valence-electron chi connectivity index (χ3n) is 3.62. The number of hydrogen-bond donors (Lipinski definition) is 1. The minimum absolute atomic E-state index is 0.0103. The SMILES string of the molecule is Cc1cc(C(=O)N2CCCC2)nc(NCc2ccccn2)n1. The van der Waals surface area contributed by atoms with Crippen LogP contribution in [0.25, 0.3) is 0 Å². The molecule has 0 radical (unpaired) electrons. The summed E-state index contributed by atoms with van der Waals surface area (Å²) in [6.07, 6.45) is 3.89. The Kier molecular flexibility index (Phi) is 4.27. The van der Waals surface area contributed by atoms with Crippen molar-refractivity contribution in [2.24, 2.45) is 0 Å². The van der Waals surface area contributed by atoms with Crippen molar-refractivity contribution in [3.05, 3.63) is 47.5 Å². The molecule has 0 spiro atoms. The number of aromatic nitrogens is 3. The van der Waals surface area contributed by atoms with Gasteiger partial charge in [-0.3, -0.25) is 9.78 Å². The molecule has 22 heavy (non-hydrogen) atoms. The number of nitrogens with one attached hydrogen (secondary N) is 1. The second-order valence-electron chi connectivity index (χ2n) is 5.39. The van der Waals surface area contributed by atoms with Gasteiger partial charge in [-0.25, -0.2) is 9.97 Å². The van der Waals surface area contributed by atoms with Crippen LogP contribution in [0, 0.1) is 6.92 Å². The molecule has 6 nitrogen and oxygen atoms in total. The van der Waals surface area contributed by atoms with Gasteiger partial charge in [-0.15, -0.1) is 0 Å². The number of pyridine rings is 1. The Morgan fingerprint density at radius 3 is 2.82 bits per heavy atom. The number of likely N-dealkylation sites (tertiary alicyclic amines) is 1. The molecule has 1 saturated heterocycles. The fourth-order valence-electron chi connectivity index (χ4n) is 2.51. The highest BCUT2D eigenvalue weighted by Crippen LogP contribution is 2.13. The molecule has 1 N–H and O–H groups in total. The lowest BCUT2D eigenvalue weighted by molar-refractivity contribution is 0.0787. The van der Waals surface area contributed by atoms with E-state index in [2.05, 4.69) is 20.3 Å². The quantitative estimate of drug-likeness (QED) is 0.935. The number of rotatable bonds is 4. The number of amides is 1. The molecule has 3 rings (SSSR count). The second-order valence-corrected chi connectivity index (χ2v) is 5.39. The van der Waals surface area contributed by atoms with Crippen molar-refractivity contribution >= 4 is 11.9 Å². The van der Waals surface area contributed by atoms with E-state index in [1.165, 1.54) is 0 Å². The standard InChI is InChI=1S/C16H19N5O/c1-12-10-14(15(22)21-8-4-5-9-21)20-16(19-12)18-11-13-6-2-3-7-17-13/h2-3,6-7,10H,4-5,8-9,11H2,1H3,(H,18,19,20). The van der Waals surface area contributed by atoms with Gasteiger partial charge in [0.05, 0.1) is 12.2 Å². The van der Waals surface area contributed by atoms with Crippen LogP contribution in [0.3, 0.4) is 0 Å². The Labute approximate surface area is 129 Å². The number of nitrogens with zero attached hydrogens (tertiary/aromatic N) is 4. The van der Waals surface area contributed by atoms with Crippen LogP contribution < -0.4 is 5.32 Å². The third-order valence-corrected chi connectivity index (χ3v) is 3.62. The van der Waals surface area contributed by atoms with Gasteiger partial charge in [-0.05, 0) is 38.0 Å². The lowest BCUT2D eigenvalue weighted by atomic mass is 10.3. The average Bonchev–Trinajstić information content (AvgIpc) is 3.07. The van der Waals surface area contributed by atoms with Crippen LogP contribution in [0.15, 0.2) is 30.5 Å². The number of carbonyl (C=O) groups excluding carboxylic acids is 1. The topological polar surface area (TPSA) is 71.0 Å². The molecule has 0 unspecified atom stereocenters. The Balaban J connectivity index is 1.73. The van der Waals surface area contributed by atoms with Gasteiger partial charge in [0.15, 0.2) is 0 Å². The molecule has 0 atom stereocenters. The van der Waals surface area contributed by atoms with Gasteiger partial charge in [-0.1, -0.05) is 6.07 Å². The van der Waals surface area contributed by atoms with Gasteiger partial charge in [0, 0.05) is 25.0 Å². The van der Waals surface area contributed by atoms with E-state index in [0.717, 1.165) is 37.3 Å². The third kappa shape index (κ3) is 3.39. The monoisotopic (exact) mass is 297 g/mol. The van der Waals surface area contributed by atoms with E-state index in [0.29, 0.717) is 18.2 Å². The number of aryl methyl sites for hydroxylation is 1. The predicted molar refractivity (Wildman–Crippen MR) is 83.5 cm³/mol. The Hall–Kier alpha value is -2.50. The molecular weight excluding hydrogens is 278 g/mol. The molecule has 1 fully saturated rings. The van der Waals surface area contributed by atoms with Crippen molar-refractivity contribution in [3.63, 3.8) is 0 Å². The second kappa shape index (κ2) is 6.51. The summed E-state index contributed by atoms with van der Waals surface area (Å²) in [5.74, 6) is 0.456. The van der Waals surface area contributed by atoms with E-state index < -0.39 is 0 Å². The van der Waals surface area contributed by atoms with Crippen LogP contribution in [0.4, 0.5) is 5.95 Å². The van der Waals surface area contributed by atoms with Gasteiger partial charge in [0.2, 0.25) is 5.95 Å². The molecule has 0 bridgehead atoms. The van der Waals surface area contributed by atoms with Gasteiger partial charge in [0.25, 0.3) is 5.91 Å². The highest BCUT2D eigenvalue weighted by atomic mass is 16.2. The van der Waals surface area contributed by atoms with E-state index in [-0.39, 0.29) is 5.91 Å².